The minimum absolute atomic E-state index is 0.00251. The molecule has 3 rings (SSSR count). The molecule has 2 aromatic carbocycles. The lowest BCUT2D eigenvalue weighted by Crippen LogP contribution is -1.94. The van der Waals surface area contributed by atoms with Gasteiger partial charge in [-0.25, -0.2) is 9.37 Å². The normalized spacial score (nSPS) is 10.3. The summed E-state index contributed by atoms with van der Waals surface area (Å²) in [6.45, 7) is 0. The summed E-state index contributed by atoms with van der Waals surface area (Å²) < 4.78 is 18.8. The third-order valence-electron chi connectivity index (χ3n) is 3.28. The van der Waals surface area contributed by atoms with Crippen LogP contribution in [0.3, 0.4) is 0 Å². The van der Waals surface area contributed by atoms with Crippen molar-refractivity contribution in [1.82, 2.24) is 4.98 Å². The first-order chi connectivity index (χ1) is 10.2. The highest BCUT2D eigenvalue weighted by Gasteiger charge is 2.12. The fraction of sp³-hybridized carbons (Fsp3) is 0.0588. The van der Waals surface area contributed by atoms with Gasteiger partial charge in [0.15, 0.2) is 0 Å². The Bertz CT molecular complexity index is 868. The first-order valence-corrected chi connectivity index (χ1v) is 6.36. The molecule has 1 aromatic heterocycles. The van der Waals surface area contributed by atoms with Crippen molar-refractivity contribution in [2.45, 2.75) is 0 Å². The second kappa shape index (κ2) is 5.22. The minimum atomic E-state index is -0.533. The summed E-state index contributed by atoms with van der Waals surface area (Å²) in [4.78, 5) is 4.45. The second-order valence-electron chi connectivity index (χ2n) is 4.54. The van der Waals surface area contributed by atoms with Gasteiger partial charge in [-0.05, 0) is 29.8 Å². The number of hydrogen-bond acceptors (Lipinski definition) is 3. The van der Waals surface area contributed by atoms with Gasteiger partial charge in [0.1, 0.15) is 11.9 Å². The largest absolute Gasteiger partial charge is 0.481 e. The van der Waals surface area contributed by atoms with Gasteiger partial charge in [-0.15, -0.1) is 0 Å². The van der Waals surface area contributed by atoms with Gasteiger partial charge in [0.25, 0.3) is 0 Å². The first kappa shape index (κ1) is 13.1. The standard InChI is InChI=1S/C17H11FN2O/c1-21-17-14(9-12-4-2-3-5-16(12)20-17)11-6-7-15(18)13(8-11)10-19/h2-9H,1H3. The zero-order valence-electron chi connectivity index (χ0n) is 11.3. The number of para-hydroxylation sites is 1. The average Bonchev–Trinajstić information content (AvgIpc) is 2.54. The van der Waals surface area contributed by atoms with Crippen molar-refractivity contribution in [3.05, 3.63) is 59.9 Å². The van der Waals surface area contributed by atoms with Crippen molar-refractivity contribution >= 4 is 10.9 Å². The van der Waals surface area contributed by atoms with Gasteiger partial charge >= 0.3 is 0 Å². The number of nitriles is 1. The molecule has 0 bridgehead atoms. The van der Waals surface area contributed by atoms with Gasteiger partial charge in [0, 0.05) is 10.9 Å². The van der Waals surface area contributed by atoms with E-state index in [0.29, 0.717) is 11.4 Å². The molecule has 0 unspecified atom stereocenters. The molecular weight excluding hydrogens is 267 g/mol. The van der Waals surface area contributed by atoms with Crippen LogP contribution in [0.5, 0.6) is 5.88 Å². The number of fused-ring (bicyclic) bond motifs is 1. The highest BCUT2D eigenvalue weighted by molar-refractivity contribution is 5.86. The molecule has 0 saturated heterocycles. The van der Waals surface area contributed by atoms with Crippen molar-refractivity contribution in [3.8, 4) is 23.1 Å². The van der Waals surface area contributed by atoms with Crippen LogP contribution in [0.15, 0.2) is 48.5 Å². The zero-order chi connectivity index (χ0) is 14.8. The van der Waals surface area contributed by atoms with Gasteiger partial charge in [-0.3, -0.25) is 0 Å². The highest BCUT2D eigenvalue weighted by Crippen LogP contribution is 2.32. The molecule has 4 heteroatoms. The van der Waals surface area contributed by atoms with Gasteiger partial charge < -0.3 is 4.74 Å². The van der Waals surface area contributed by atoms with E-state index in [4.69, 9.17) is 10.00 Å². The lowest BCUT2D eigenvalue weighted by Gasteiger charge is -2.10. The predicted molar refractivity (Wildman–Crippen MR) is 78.4 cm³/mol. The third kappa shape index (κ3) is 2.30. The van der Waals surface area contributed by atoms with Gasteiger partial charge in [-0.2, -0.15) is 5.26 Å². The Kier molecular flexibility index (Phi) is 3.25. The number of nitrogens with zero attached hydrogens (tertiary/aromatic N) is 2. The lowest BCUT2D eigenvalue weighted by atomic mass is 10.0. The summed E-state index contributed by atoms with van der Waals surface area (Å²) >= 11 is 0. The maximum absolute atomic E-state index is 13.5. The maximum Gasteiger partial charge on any atom is 0.221 e. The van der Waals surface area contributed by atoms with Gasteiger partial charge in [-0.1, -0.05) is 24.3 Å². The Balaban J connectivity index is 2.26. The number of pyridine rings is 1. The molecule has 0 saturated carbocycles. The van der Waals surface area contributed by atoms with Crippen LogP contribution < -0.4 is 4.74 Å². The van der Waals surface area contributed by atoms with E-state index in [2.05, 4.69) is 4.98 Å². The Hall–Kier alpha value is -2.93. The maximum atomic E-state index is 13.5. The smallest absolute Gasteiger partial charge is 0.221 e. The Labute approximate surface area is 121 Å². The van der Waals surface area contributed by atoms with E-state index in [1.807, 2.05) is 36.4 Å². The topological polar surface area (TPSA) is 45.9 Å². The molecule has 0 spiro atoms. The lowest BCUT2D eigenvalue weighted by molar-refractivity contribution is 0.401. The average molecular weight is 278 g/mol. The molecule has 3 aromatic rings. The first-order valence-electron chi connectivity index (χ1n) is 6.36. The van der Waals surface area contributed by atoms with Crippen molar-refractivity contribution in [1.29, 1.82) is 5.26 Å². The van der Waals surface area contributed by atoms with Crippen LogP contribution in [0.4, 0.5) is 4.39 Å². The molecular formula is C17H11FN2O. The summed E-state index contributed by atoms with van der Waals surface area (Å²) in [6, 6.07) is 15.8. The molecule has 0 radical (unpaired) electrons. The van der Waals surface area contributed by atoms with Crippen LogP contribution in [-0.4, -0.2) is 12.1 Å². The van der Waals surface area contributed by atoms with Crippen LogP contribution in [0, 0.1) is 17.1 Å². The molecule has 0 atom stereocenters. The van der Waals surface area contributed by atoms with Crippen molar-refractivity contribution in [2.24, 2.45) is 0 Å². The van der Waals surface area contributed by atoms with Crippen LogP contribution in [0.25, 0.3) is 22.0 Å². The SMILES string of the molecule is COc1nc2ccccc2cc1-c1ccc(F)c(C#N)c1. The Morgan fingerprint density at radius 2 is 1.95 bits per heavy atom. The van der Waals surface area contributed by atoms with Crippen LogP contribution in [0.1, 0.15) is 5.56 Å². The molecule has 0 aliphatic rings. The molecule has 0 fully saturated rings. The number of hydrogen-bond donors (Lipinski definition) is 0. The van der Waals surface area contributed by atoms with E-state index in [9.17, 15) is 4.39 Å². The number of aromatic nitrogens is 1. The summed E-state index contributed by atoms with van der Waals surface area (Å²) in [5.41, 5.74) is 2.25. The summed E-state index contributed by atoms with van der Waals surface area (Å²) in [7, 11) is 1.54. The molecule has 0 aliphatic carbocycles. The minimum Gasteiger partial charge on any atom is -0.481 e. The second-order valence-corrected chi connectivity index (χ2v) is 4.54. The van der Waals surface area contributed by atoms with E-state index >= 15 is 0 Å². The summed E-state index contributed by atoms with van der Waals surface area (Å²) in [6.07, 6.45) is 0. The van der Waals surface area contributed by atoms with E-state index < -0.39 is 5.82 Å². The third-order valence-corrected chi connectivity index (χ3v) is 3.28. The monoisotopic (exact) mass is 278 g/mol. The molecule has 1 heterocycles. The van der Waals surface area contributed by atoms with Crippen molar-refractivity contribution in [3.63, 3.8) is 0 Å². The Morgan fingerprint density at radius 1 is 1.14 bits per heavy atom. The number of benzene rings is 2. The van der Waals surface area contributed by atoms with Gasteiger partial charge in [0.2, 0.25) is 5.88 Å². The summed E-state index contributed by atoms with van der Waals surface area (Å²) in [5.74, 6) is -0.0850. The van der Waals surface area contributed by atoms with Crippen LogP contribution in [0.2, 0.25) is 0 Å². The quantitative estimate of drug-likeness (QED) is 0.713. The predicted octanol–water partition coefficient (Wildman–Crippen LogP) is 3.92. The van der Waals surface area contributed by atoms with Crippen molar-refractivity contribution in [2.75, 3.05) is 7.11 Å². The number of ether oxygens (including phenoxy) is 1. The zero-order valence-corrected chi connectivity index (χ0v) is 11.3. The molecule has 0 N–H and O–H groups in total. The van der Waals surface area contributed by atoms with Crippen molar-refractivity contribution < 1.29 is 9.13 Å². The van der Waals surface area contributed by atoms with Gasteiger partial charge in [0.05, 0.1) is 18.2 Å². The molecule has 3 nitrogen and oxygen atoms in total. The fourth-order valence-corrected chi connectivity index (χ4v) is 2.24. The van der Waals surface area contributed by atoms with E-state index in [1.165, 1.54) is 19.2 Å². The van der Waals surface area contributed by atoms with E-state index in [1.54, 1.807) is 6.07 Å². The van der Waals surface area contributed by atoms with E-state index in [-0.39, 0.29) is 5.56 Å². The van der Waals surface area contributed by atoms with E-state index in [0.717, 1.165) is 16.5 Å². The highest BCUT2D eigenvalue weighted by atomic mass is 19.1. The number of rotatable bonds is 2. The molecule has 102 valence electrons. The Morgan fingerprint density at radius 3 is 2.71 bits per heavy atom. The number of methoxy groups -OCH3 is 1. The van der Waals surface area contributed by atoms with Crippen LogP contribution in [-0.2, 0) is 0 Å². The summed E-state index contributed by atoms with van der Waals surface area (Å²) in [5, 5.41) is 9.91. The fourth-order valence-electron chi connectivity index (χ4n) is 2.24. The molecule has 0 amide bonds. The number of halogens is 1. The molecule has 21 heavy (non-hydrogen) atoms. The van der Waals surface area contributed by atoms with Crippen LogP contribution >= 0.6 is 0 Å². The molecule has 0 aliphatic heterocycles.